The highest BCUT2D eigenvalue weighted by atomic mass is 35.5. The molecule has 0 radical (unpaired) electrons. The smallest absolute Gasteiger partial charge is 0.348 e. The van der Waals surface area contributed by atoms with Crippen molar-refractivity contribution in [1.82, 2.24) is 4.57 Å². The first-order valence-electron chi connectivity index (χ1n) is 10.8. The Morgan fingerprint density at radius 1 is 1.09 bits per heavy atom. The fourth-order valence-electron chi connectivity index (χ4n) is 3.47. The van der Waals surface area contributed by atoms with E-state index in [-0.39, 0.29) is 35.6 Å². The minimum absolute atomic E-state index is 0.0857. The molecule has 3 aromatic rings. The topological polar surface area (TPSA) is 98.4 Å². The molecule has 180 valence electrons. The normalized spacial score (nSPS) is 11.1. The van der Waals surface area contributed by atoms with Crippen molar-refractivity contribution in [3.05, 3.63) is 79.8 Å². The van der Waals surface area contributed by atoms with Crippen molar-refractivity contribution < 1.29 is 23.9 Å². The molecule has 0 atom stereocenters. The number of nitrogens with zero attached hydrogens (tertiary/aromatic N) is 2. The van der Waals surface area contributed by atoms with Crippen molar-refractivity contribution in [2.24, 2.45) is 0 Å². The lowest BCUT2D eigenvalue weighted by molar-refractivity contribution is -0.114. The number of rotatable bonds is 9. The Hall–Kier alpha value is -3.67. The third kappa shape index (κ3) is 5.88. The number of Topliss-reactive ketones (excluding diaryl/α,β-unsaturated/α-hetero) is 1. The molecular formula is C26H23ClN2O5S. The summed E-state index contributed by atoms with van der Waals surface area (Å²) < 4.78 is 12.0. The fraction of sp³-hybridized carbons (Fsp3) is 0.231. The van der Waals surface area contributed by atoms with E-state index < -0.39 is 17.7 Å². The van der Waals surface area contributed by atoms with E-state index in [1.807, 2.05) is 29.0 Å². The first-order chi connectivity index (χ1) is 16.8. The zero-order chi connectivity index (χ0) is 25.5. The number of carbonyl (C=O) groups is 3. The Morgan fingerprint density at radius 2 is 1.74 bits per heavy atom. The Kier molecular flexibility index (Phi) is 8.63. The summed E-state index contributed by atoms with van der Waals surface area (Å²) in [5, 5.41) is 10.3. The second-order valence-electron chi connectivity index (χ2n) is 7.34. The maximum absolute atomic E-state index is 13.1. The number of ether oxygens (including phenoxy) is 2. The van der Waals surface area contributed by atoms with Crippen molar-refractivity contribution >= 4 is 46.7 Å². The van der Waals surface area contributed by atoms with Gasteiger partial charge in [-0.3, -0.25) is 4.79 Å². The number of nitriles is 1. The lowest BCUT2D eigenvalue weighted by Gasteiger charge is -2.08. The summed E-state index contributed by atoms with van der Waals surface area (Å²) in [6, 6.07) is 12.7. The average molecular weight is 511 g/mol. The van der Waals surface area contributed by atoms with Gasteiger partial charge in [0.15, 0.2) is 5.78 Å². The zero-order valence-electron chi connectivity index (χ0n) is 19.5. The van der Waals surface area contributed by atoms with Crippen LogP contribution in [-0.2, 0) is 20.7 Å². The highest BCUT2D eigenvalue weighted by Gasteiger charge is 2.28. The maximum atomic E-state index is 13.1. The van der Waals surface area contributed by atoms with Crippen molar-refractivity contribution in [2.75, 3.05) is 13.2 Å². The Bertz CT molecular complexity index is 1330. The van der Waals surface area contributed by atoms with E-state index >= 15 is 0 Å². The van der Waals surface area contributed by atoms with Gasteiger partial charge in [0.05, 0.1) is 24.4 Å². The van der Waals surface area contributed by atoms with Crippen molar-refractivity contribution in [1.29, 1.82) is 5.26 Å². The molecule has 0 amide bonds. The summed E-state index contributed by atoms with van der Waals surface area (Å²) in [4.78, 5) is 38.7. The molecule has 0 aliphatic rings. The van der Waals surface area contributed by atoms with E-state index in [9.17, 15) is 19.6 Å². The molecule has 9 heteroatoms. The number of halogens is 1. The van der Waals surface area contributed by atoms with Crippen LogP contribution in [-0.4, -0.2) is 35.5 Å². The monoisotopic (exact) mass is 510 g/mol. The zero-order valence-corrected chi connectivity index (χ0v) is 21.0. The Balaban J connectivity index is 1.96. The minimum Gasteiger partial charge on any atom is -0.462 e. The third-order valence-corrected chi connectivity index (χ3v) is 6.60. The van der Waals surface area contributed by atoms with Gasteiger partial charge in [-0.05, 0) is 68.8 Å². The molecule has 0 saturated heterocycles. The SMILES string of the molecule is CCOC(=O)c1sc(CC(=O)/C(C#N)=C/c2cccn2-c2ccc(Cl)cc2)c(C(=O)OCC)c1C. The minimum atomic E-state index is -0.626. The highest BCUT2D eigenvalue weighted by Crippen LogP contribution is 2.31. The lowest BCUT2D eigenvalue weighted by atomic mass is 10.0. The van der Waals surface area contributed by atoms with Gasteiger partial charge in [-0.2, -0.15) is 5.26 Å². The Morgan fingerprint density at radius 3 is 2.37 bits per heavy atom. The molecule has 0 saturated carbocycles. The number of esters is 2. The summed E-state index contributed by atoms with van der Waals surface area (Å²) in [6.45, 7) is 5.28. The van der Waals surface area contributed by atoms with Crippen LogP contribution < -0.4 is 0 Å². The van der Waals surface area contributed by atoms with E-state index in [1.165, 1.54) is 6.08 Å². The molecule has 0 N–H and O–H groups in total. The number of allylic oxidation sites excluding steroid dienone is 1. The Labute approximate surface area is 212 Å². The van der Waals surface area contributed by atoms with Gasteiger partial charge in [0.25, 0.3) is 0 Å². The van der Waals surface area contributed by atoms with Gasteiger partial charge in [-0.25, -0.2) is 9.59 Å². The van der Waals surface area contributed by atoms with Crippen LogP contribution >= 0.6 is 22.9 Å². The van der Waals surface area contributed by atoms with Crippen molar-refractivity contribution in [2.45, 2.75) is 27.2 Å². The van der Waals surface area contributed by atoms with Crippen LogP contribution in [0.2, 0.25) is 5.02 Å². The molecule has 2 aromatic heterocycles. The number of carbonyl (C=O) groups excluding carboxylic acids is 3. The molecule has 1 aromatic carbocycles. The average Bonchev–Trinajstić information content (AvgIpc) is 3.42. The standard InChI is InChI=1S/C26H23ClN2O5S/c1-4-33-25(31)23-16(3)24(26(32)34-5-2)35-22(23)14-21(30)17(15-28)13-20-7-6-12-29(20)19-10-8-18(27)9-11-19/h6-13H,4-5,14H2,1-3H3/b17-13+. The molecular weight excluding hydrogens is 488 g/mol. The summed E-state index contributed by atoms with van der Waals surface area (Å²) in [5.41, 5.74) is 1.91. The van der Waals surface area contributed by atoms with Crippen molar-refractivity contribution in [3.8, 4) is 11.8 Å². The van der Waals surface area contributed by atoms with Gasteiger partial charge in [-0.1, -0.05) is 11.6 Å². The number of aromatic nitrogens is 1. The summed E-state index contributed by atoms with van der Waals surface area (Å²) in [5.74, 6) is -1.69. The van der Waals surface area contributed by atoms with E-state index in [0.717, 1.165) is 17.0 Å². The number of benzene rings is 1. The molecule has 0 spiro atoms. The molecule has 0 aliphatic carbocycles. The molecule has 0 bridgehead atoms. The molecule has 0 unspecified atom stereocenters. The summed E-state index contributed by atoms with van der Waals surface area (Å²) >= 11 is 6.98. The van der Waals surface area contributed by atoms with Gasteiger partial charge in [0.1, 0.15) is 10.9 Å². The molecule has 3 rings (SSSR count). The van der Waals surface area contributed by atoms with Gasteiger partial charge < -0.3 is 14.0 Å². The number of thiophene rings is 1. The van der Waals surface area contributed by atoms with Crippen LogP contribution in [0, 0.1) is 18.3 Å². The van der Waals surface area contributed by atoms with Gasteiger partial charge in [0, 0.05) is 33.9 Å². The first-order valence-corrected chi connectivity index (χ1v) is 12.0. The predicted molar refractivity (Wildman–Crippen MR) is 134 cm³/mol. The van der Waals surface area contributed by atoms with Gasteiger partial charge in [0.2, 0.25) is 0 Å². The molecule has 2 heterocycles. The third-order valence-electron chi connectivity index (χ3n) is 5.08. The lowest BCUT2D eigenvalue weighted by Crippen LogP contribution is -2.12. The summed E-state index contributed by atoms with van der Waals surface area (Å²) in [6.07, 6.45) is 3.06. The quantitative estimate of drug-likeness (QED) is 0.212. The van der Waals surface area contributed by atoms with E-state index in [4.69, 9.17) is 21.1 Å². The van der Waals surface area contributed by atoms with Crippen LogP contribution in [0.25, 0.3) is 11.8 Å². The number of hydrogen-bond donors (Lipinski definition) is 0. The number of hydrogen-bond acceptors (Lipinski definition) is 7. The largest absolute Gasteiger partial charge is 0.462 e. The van der Waals surface area contributed by atoms with Crippen LogP contribution in [0.5, 0.6) is 0 Å². The van der Waals surface area contributed by atoms with Crippen molar-refractivity contribution in [3.63, 3.8) is 0 Å². The van der Waals surface area contributed by atoms with Crippen LogP contribution in [0.4, 0.5) is 0 Å². The molecule has 0 fully saturated rings. The fourth-order valence-corrected chi connectivity index (χ4v) is 4.78. The second kappa shape index (κ2) is 11.6. The van der Waals surface area contributed by atoms with E-state index in [0.29, 0.717) is 21.2 Å². The van der Waals surface area contributed by atoms with Crippen LogP contribution in [0.1, 0.15) is 50.0 Å². The highest BCUT2D eigenvalue weighted by molar-refractivity contribution is 7.14. The summed E-state index contributed by atoms with van der Waals surface area (Å²) in [7, 11) is 0. The van der Waals surface area contributed by atoms with Gasteiger partial charge in [-0.15, -0.1) is 11.3 Å². The molecule has 35 heavy (non-hydrogen) atoms. The van der Waals surface area contributed by atoms with Crippen LogP contribution in [0.3, 0.4) is 0 Å². The second-order valence-corrected chi connectivity index (χ2v) is 8.89. The van der Waals surface area contributed by atoms with E-state index in [2.05, 4.69) is 0 Å². The van der Waals surface area contributed by atoms with Gasteiger partial charge >= 0.3 is 11.9 Å². The van der Waals surface area contributed by atoms with Crippen LogP contribution in [0.15, 0.2) is 48.2 Å². The first kappa shape index (κ1) is 25.9. The molecule has 0 aliphatic heterocycles. The van der Waals surface area contributed by atoms with E-state index in [1.54, 1.807) is 45.0 Å². The predicted octanol–water partition coefficient (Wildman–Crippen LogP) is 5.57. The molecule has 7 nitrogen and oxygen atoms in total. The maximum Gasteiger partial charge on any atom is 0.348 e. The number of ketones is 1.